The predicted octanol–water partition coefficient (Wildman–Crippen LogP) is 1.08. The standard InChI is InChI=1S/C19H23NO6/c1-5-6-13-9-16(21)26-15-8-10(2)7-14(17(13)15)25-12(4)18(22)20-11(3)19(23)24/h7-9,11-12H,5-6H2,1-4H3,(H,20,22)(H,23,24)/p-1/t11-,12-/m0/s1. The monoisotopic (exact) mass is 360 g/mol. The zero-order chi connectivity index (χ0) is 19.4. The largest absolute Gasteiger partial charge is 0.548 e. The van der Waals surface area contributed by atoms with Crippen molar-refractivity contribution < 1.29 is 23.8 Å². The van der Waals surface area contributed by atoms with Gasteiger partial charge in [-0.2, -0.15) is 0 Å². The highest BCUT2D eigenvalue weighted by Crippen LogP contribution is 2.31. The second-order valence-electron chi connectivity index (χ2n) is 6.29. The number of aryl methyl sites for hydroxylation is 2. The molecule has 0 bridgehead atoms. The predicted molar refractivity (Wildman–Crippen MR) is 93.9 cm³/mol. The van der Waals surface area contributed by atoms with Crippen LogP contribution in [0.1, 0.15) is 38.3 Å². The molecule has 2 atom stereocenters. The molecule has 0 aliphatic carbocycles. The summed E-state index contributed by atoms with van der Waals surface area (Å²) in [5.74, 6) is -1.54. The Hall–Kier alpha value is -2.83. The molecule has 1 aromatic carbocycles. The Morgan fingerprint density at radius 1 is 1.27 bits per heavy atom. The Kier molecular flexibility index (Phi) is 6.02. The average molecular weight is 360 g/mol. The lowest BCUT2D eigenvalue weighted by molar-refractivity contribution is -0.307. The average Bonchev–Trinajstić information content (AvgIpc) is 2.53. The lowest BCUT2D eigenvalue weighted by atomic mass is 10.0. The van der Waals surface area contributed by atoms with E-state index in [1.54, 1.807) is 12.1 Å². The summed E-state index contributed by atoms with van der Waals surface area (Å²) >= 11 is 0. The Morgan fingerprint density at radius 2 is 1.96 bits per heavy atom. The van der Waals surface area contributed by atoms with E-state index < -0.39 is 29.6 Å². The third kappa shape index (κ3) is 4.41. The third-order valence-electron chi connectivity index (χ3n) is 3.94. The number of ether oxygens (including phenoxy) is 1. The fraction of sp³-hybridized carbons (Fsp3) is 0.421. The number of carboxylic acids is 1. The van der Waals surface area contributed by atoms with Crippen LogP contribution in [0.3, 0.4) is 0 Å². The molecule has 2 aromatic rings. The summed E-state index contributed by atoms with van der Waals surface area (Å²) in [6, 6.07) is 3.80. The van der Waals surface area contributed by atoms with Gasteiger partial charge in [0.15, 0.2) is 6.10 Å². The first-order valence-corrected chi connectivity index (χ1v) is 8.48. The van der Waals surface area contributed by atoms with Crippen LogP contribution < -0.4 is 20.8 Å². The summed E-state index contributed by atoms with van der Waals surface area (Å²) < 4.78 is 11.1. The summed E-state index contributed by atoms with van der Waals surface area (Å²) in [4.78, 5) is 34.7. The third-order valence-corrected chi connectivity index (χ3v) is 3.94. The molecular weight excluding hydrogens is 338 g/mol. The minimum absolute atomic E-state index is 0.395. The van der Waals surface area contributed by atoms with Crippen molar-refractivity contribution >= 4 is 22.8 Å². The molecule has 1 aromatic heterocycles. The van der Waals surface area contributed by atoms with Gasteiger partial charge in [-0.25, -0.2) is 4.79 Å². The van der Waals surface area contributed by atoms with Crippen molar-refractivity contribution in [3.8, 4) is 5.75 Å². The van der Waals surface area contributed by atoms with Gasteiger partial charge in [0.1, 0.15) is 11.3 Å². The first kappa shape index (κ1) is 19.5. The number of hydrogen-bond donors (Lipinski definition) is 1. The van der Waals surface area contributed by atoms with Crippen molar-refractivity contribution in [3.63, 3.8) is 0 Å². The Bertz CT molecular complexity index is 885. The van der Waals surface area contributed by atoms with Gasteiger partial charge in [-0.1, -0.05) is 13.3 Å². The van der Waals surface area contributed by atoms with E-state index in [0.29, 0.717) is 23.1 Å². The molecule has 7 heteroatoms. The number of carboxylic acid groups (broad SMARTS) is 1. The molecular formula is C19H22NO6-. The van der Waals surface area contributed by atoms with Crippen molar-refractivity contribution in [1.82, 2.24) is 5.32 Å². The van der Waals surface area contributed by atoms with E-state index in [0.717, 1.165) is 17.5 Å². The summed E-state index contributed by atoms with van der Waals surface area (Å²) in [7, 11) is 0. The summed E-state index contributed by atoms with van der Waals surface area (Å²) in [6.45, 7) is 6.65. The van der Waals surface area contributed by atoms with E-state index in [-0.39, 0.29) is 0 Å². The van der Waals surface area contributed by atoms with Gasteiger partial charge in [0, 0.05) is 6.07 Å². The maximum Gasteiger partial charge on any atom is 0.336 e. The number of rotatable bonds is 7. The van der Waals surface area contributed by atoms with Crippen LogP contribution in [0, 0.1) is 6.92 Å². The minimum Gasteiger partial charge on any atom is -0.548 e. The molecule has 0 saturated heterocycles. The molecule has 0 saturated carbocycles. The highest BCUT2D eigenvalue weighted by Gasteiger charge is 2.20. The van der Waals surface area contributed by atoms with Gasteiger partial charge in [0.25, 0.3) is 5.91 Å². The van der Waals surface area contributed by atoms with Gasteiger partial charge in [-0.05, 0) is 50.5 Å². The van der Waals surface area contributed by atoms with Gasteiger partial charge in [-0.3, -0.25) is 4.79 Å². The zero-order valence-corrected chi connectivity index (χ0v) is 15.3. The van der Waals surface area contributed by atoms with Gasteiger partial charge in [0.2, 0.25) is 0 Å². The van der Waals surface area contributed by atoms with Crippen molar-refractivity contribution in [3.05, 3.63) is 39.7 Å². The summed E-state index contributed by atoms with van der Waals surface area (Å²) in [6.07, 6.45) is 0.540. The minimum atomic E-state index is -1.38. The molecule has 26 heavy (non-hydrogen) atoms. The highest BCUT2D eigenvalue weighted by molar-refractivity contribution is 5.89. The SMILES string of the molecule is CCCc1cc(=O)oc2cc(C)cc(O[C@@H](C)C(=O)N[C@@H](C)C(=O)[O-])c12. The molecule has 0 radical (unpaired) electrons. The molecule has 7 nitrogen and oxygen atoms in total. The van der Waals surface area contributed by atoms with Crippen LogP contribution >= 0.6 is 0 Å². The molecule has 140 valence electrons. The second kappa shape index (κ2) is 8.03. The fourth-order valence-corrected chi connectivity index (χ4v) is 2.66. The van der Waals surface area contributed by atoms with E-state index in [1.165, 1.54) is 19.9 Å². The summed E-state index contributed by atoms with van der Waals surface area (Å²) in [5.41, 5.74) is 1.54. The number of aliphatic carboxylic acids is 1. The number of nitrogens with one attached hydrogen (secondary N) is 1. The number of carbonyl (C=O) groups is 2. The molecule has 0 aliphatic heterocycles. The van der Waals surface area contributed by atoms with Crippen LogP contribution in [-0.2, 0) is 16.0 Å². The van der Waals surface area contributed by atoms with Crippen molar-refractivity contribution in [2.45, 2.75) is 52.7 Å². The van der Waals surface area contributed by atoms with E-state index >= 15 is 0 Å². The molecule has 0 aliphatic rings. The zero-order valence-electron chi connectivity index (χ0n) is 15.3. The Morgan fingerprint density at radius 3 is 2.58 bits per heavy atom. The topological polar surface area (TPSA) is 109 Å². The first-order chi connectivity index (χ1) is 12.2. The molecule has 1 heterocycles. The maximum atomic E-state index is 12.1. The molecule has 0 unspecified atom stereocenters. The first-order valence-electron chi connectivity index (χ1n) is 8.48. The smallest absolute Gasteiger partial charge is 0.336 e. The Balaban J connectivity index is 2.40. The number of hydrogen-bond acceptors (Lipinski definition) is 6. The van der Waals surface area contributed by atoms with E-state index in [4.69, 9.17) is 9.15 Å². The summed E-state index contributed by atoms with van der Waals surface area (Å²) in [5, 5.41) is 13.7. The van der Waals surface area contributed by atoms with Crippen molar-refractivity contribution in [2.75, 3.05) is 0 Å². The van der Waals surface area contributed by atoms with Crippen LogP contribution in [0.4, 0.5) is 0 Å². The van der Waals surface area contributed by atoms with E-state index in [2.05, 4.69) is 5.32 Å². The number of carbonyl (C=O) groups excluding carboxylic acids is 2. The van der Waals surface area contributed by atoms with Gasteiger partial charge >= 0.3 is 5.63 Å². The van der Waals surface area contributed by atoms with Gasteiger partial charge in [-0.15, -0.1) is 0 Å². The quantitative estimate of drug-likeness (QED) is 0.740. The van der Waals surface area contributed by atoms with Gasteiger partial charge < -0.3 is 24.4 Å². The highest BCUT2D eigenvalue weighted by atomic mass is 16.5. The molecule has 2 rings (SSSR count). The van der Waals surface area contributed by atoms with Crippen molar-refractivity contribution in [2.24, 2.45) is 0 Å². The maximum absolute atomic E-state index is 12.1. The van der Waals surface area contributed by atoms with Crippen molar-refractivity contribution in [1.29, 1.82) is 0 Å². The molecule has 0 spiro atoms. The molecule has 1 amide bonds. The lowest BCUT2D eigenvalue weighted by Crippen LogP contribution is -2.49. The van der Waals surface area contributed by atoms with Crippen LogP contribution in [0.2, 0.25) is 0 Å². The van der Waals surface area contributed by atoms with Crippen LogP contribution in [0.25, 0.3) is 11.0 Å². The van der Waals surface area contributed by atoms with Crippen LogP contribution in [-0.4, -0.2) is 24.0 Å². The number of amides is 1. The molecule has 1 N–H and O–H groups in total. The lowest BCUT2D eigenvalue weighted by Gasteiger charge is -2.20. The molecule has 0 fully saturated rings. The van der Waals surface area contributed by atoms with E-state index in [1.807, 2.05) is 13.8 Å². The normalized spacial score (nSPS) is 13.2. The fourth-order valence-electron chi connectivity index (χ4n) is 2.66. The second-order valence-corrected chi connectivity index (χ2v) is 6.29. The van der Waals surface area contributed by atoms with Gasteiger partial charge in [0.05, 0.1) is 17.4 Å². The Labute approximate surface area is 151 Å². The number of fused-ring (bicyclic) bond motifs is 1. The van der Waals surface area contributed by atoms with E-state index in [9.17, 15) is 19.5 Å². The van der Waals surface area contributed by atoms with Crippen LogP contribution in [0.15, 0.2) is 27.4 Å². The van der Waals surface area contributed by atoms with Crippen LogP contribution in [0.5, 0.6) is 5.75 Å². The number of benzene rings is 1.